The van der Waals surface area contributed by atoms with Crippen LogP contribution in [-0.2, 0) is 7.05 Å². The summed E-state index contributed by atoms with van der Waals surface area (Å²) in [6, 6.07) is 3.07. The van der Waals surface area contributed by atoms with Crippen molar-refractivity contribution in [3.8, 4) is 0 Å². The lowest BCUT2D eigenvalue weighted by Crippen LogP contribution is -2.40. The maximum Gasteiger partial charge on any atom is 0.274 e. The lowest BCUT2D eigenvalue weighted by molar-refractivity contribution is 0.0675. The van der Waals surface area contributed by atoms with E-state index in [0.29, 0.717) is 18.8 Å². The number of aromatic nitrogens is 5. The molecule has 8 nitrogen and oxygen atoms in total. The van der Waals surface area contributed by atoms with E-state index in [0.717, 1.165) is 12.8 Å². The Labute approximate surface area is 121 Å². The Hall–Kier alpha value is -2.51. The zero-order chi connectivity index (χ0) is 14.8. The number of nitrogens with zero attached hydrogens (tertiary/aromatic N) is 6. The Morgan fingerprint density at radius 2 is 1.86 bits per heavy atom. The molecular formula is C13H16N6O2. The average molecular weight is 288 g/mol. The molecule has 1 fully saturated rings. The van der Waals surface area contributed by atoms with Gasteiger partial charge in [-0.3, -0.25) is 9.59 Å². The maximum absolute atomic E-state index is 12.4. The van der Waals surface area contributed by atoms with Crippen LogP contribution in [0.5, 0.6) is 0 Å². The van der Waals surface area contributed by atoms with Crippen LogP contribution in [0.3, 0.4) is 0 Å². The third kappa shape index (κ3) is 2.69. The van der Waals surface area contributed by atoms with E-state index in [2.05, 4.69) is 15.3 Å². The molecule has 2 aromatic heterocycles. The predicted octanol–water partition coefficient (Wildman–Crippen LogP) is -0.151. The zero-order valence-electron chi connectivity index (χ0n) is 11.7. The molecule has 1 aliphatic heterocycles. The number of amides is 1. The van der Waals surface area contributed by atoms with Crippen molar-refractivity contribution >= 4 is 5.91 Å². The quantitative estimate of drug-likeness (QED) is 0.767. The summed E-state index contributed by atoms with van der Waals surface area (Å²) in [5.74, 6) is -0.141. The van der Waals surface area contributed by atoms with Gasteiger partial charge in [0.2, 0.25) is 0 Å². The number of piperidine rings is 1. The molecule has 1 saturated heterocycles. The van der Waals surface area contributed by atoms with Gasteiger partial charge in [-0.25, -0.2) is 4.68 Å². The number of carbonyl (C=O) groups is 1. The van der Waals surface area contributed by atoms with Crippen molar-refractivity contribution in [1.82, 2.24) is 29.7 Å². The number of likely N-dealkylation sites (tertiary alicyclic amines) is 1. The van der Waals surface area contributed by atoms with Crippen molar-refractivity contribution in [3.63, 3.8) is 0 Å². The van der Waals surface area contributed by atoms with E-state index in [-0.39, 0.29) is 17.5 Å². The third-order valence-corrected chi connectivity index (χ3v) is 3.69. The number of aryl methyl sites for hydroxylation is 1. The van der Waals surface area contributed by atoms with E-state index >= 15 is 0 Å². The molecule has 8 heteroatoms. The topological polar surface area (TPSA) is 85.9 Å². The summed E-state index contributed by atoms with van der Waals surface area (Å²) in [5, 5.41) is 12.3. The average Bonchev–Trinajstić information content (AvgIpc) is 3.04. The molecule has 3 rings (SSSR count). The summed E-state index contributed by atoms with van der Waals surface area (Å²) >= 11 is 0. The summed E-state index contributed by atoms with van der Waals surface area (Å²) in [5.41, 5.74) is 0.0720. The van der Waals surface area contributed by atoms with Gasteiger partial charge in [0.15, 0.2) is 0 Å². The summed E-state index contributed by atoms with van der Waals surface area (Å²) in [7, 11) is 1.54. The van der Waals surface area contributed by atoms with Crippen LogP contribution in [0, 0.1) is 0 Å². The van der Waals surface area contributed by atoms with Crippen LogP contribution in [0.4, 0.5) is 0 Å². The first-order chi connectivity index (χ1) is 10.1. The minimum Gasteiger partial charge on any atom is -0.337 e. The second kappa shape index (κ2) is 5.47. The highest BCUT2D eigenvalue weighted by Crippen LogP contribution is 2.21. The van der Waals surface area contributed by atoms with Crippen LogP contribution in [-0.4, -0.2) is 48.7 Å². The molecule has 21 heavy (non-hydrogen) atoms. The van der Waals surface area contributed by atoms with Crippen LogP contribution in [0.1, 0.15) is 29.4 Å². The maximum atomic E-state index is 12.4. The summed E-state index contributed by atoms with van der Waals surface area (Å²) < 4.78 is 1.17. The lowest BCUT2D eigenvalue weighted by atomic mass is 10.1. The molecule has 0 saturated carbocycles. The fraction of sp³-hybridized carbons (Fsp3) is 0.462. The van der Waals surface area contributed by atoms with Crippen LogP contribution < -0.4 is 5.56 Å². The molecular weight excluding hydrogens is 272 g/mol. The van der Waals surface area contributed by atoms with Crippen molar-refractivity contribution in [3.05, 3.63) is 40.6 Å². The van der Waals surface area contributed by atoms with E-state index in [9.17, 15) is 9.59 Å². The standard InChI is InChI=1S/C13H16N6O2/c1-17-12(20)3-2-11(16-17)13(21)18-8-4-10(5-9-18)19-14-6-7-15-19/h2-3,6-7,10H,4-5,8-9H2,1H3. The smallest absolute Gasteiger partial charge is 0.274 e. The molecule has 0 spiro atoms. The van der Waals surface area contributed by atoms with Crippen LogP contribution in [0.15, 0.2) is 29.3 Å². The normalized spacial score (nSPS) is 16.1. The van der Waals surface area contributed by atoms with Crippen LogP contribution >= 0.6 is 0 Å². The van der Waals surface area contributed by atoms with Crippen molar-refractivity contribution in [1.29, 1.82) is 0 Å². The Balaban J connectivity index is 1.67. The van der Waals surface area contributed by atoms with Crippen LogP contribution in [0.2, 0.25) is 0 Å². The Bertz CT molecular complexity index is 685. The van der Waals surface area contributed by atoms with Gasteiger partial charge in [0.05, 0.1) is 18.4 Å². The van der Waals surface area contributed by atoms with Crippen LogP contribution in [0.25, 0.3) is 0 Å². The van der Waals surface area contributed by atoms with E-state index < -0.39 is 0 Å². The highest BCUT2D eigenvalue weighted by atomic mass is 16.2. The van der Waals surface area contributed by atoms with E-state index in [1.165, 1.54) is 23.9 Å². The first-order valence-corrected chi connectivity index (χ1v) is 6.84. The second-order valence-electron chi connectivity index (χ2n) is 5.05. The number of hydrogen-bond donors (Lipinski definition) is 0. The first-order valence-electron chi connectivity index (χ1n) is 6.84. The molecule has 0 aliphatic carbocycles. The molecule has 1 aliphatic rings. The highest BCUT2D eigenvalue weighted by Gasteiger charge is 2.26. The highest BCUT2D eigenvalue weighted by molar-refractivity contribution is 5.92. The van der Waals surface area contributed by atoms with Gasteiger partial charge in [-0.1, -0.05) is 0 Å². The predicted molar refractivity (Wildman–Crippen MR) is 73.7 cm³/mol. The number of rotatable bonds is 2. The van der Waals surface area contributed by atoms with E-state index in [1.807, 2.05) is 0 Å². The van der Waals surface area contributed by atoms with Gasteiger partial charge in [0.1, 0.15) is 5.69 Å². The van der Waals surface area contributed by atoms with Crippen molar-refractivity contribution in [2.75, 3.05) is 13.1 Å². The number of carbonyl (C=O) groups excluding carboxylic acids is 1. The van der Waals surface area contributed by atoms with Gasteiger partial charge in [-0.05, 0) is 18.9 Å². The third-order valence-electron chi connectivity index (χ3n) is 3.69. The lowest BCUT2D eigenvalue weighted by Gasteiger charge is -2.31. The molecule has 0 unspecified atom stereocenters. The molecule has 0 N–H and O–H groups in total. The molecule has 110 valence electrons. The fourth-order valence-corrected chi connectivity index (χ4v) is 2.49. The monoisotopic (exact) mass is 288 g/mol. The minimum absolute atomic E-state index is 0.141. The molecule has 2 aromatic rings. The summed E-state index contributed by atoms with van der Waals surface area (Å²) in [4.78, 5) is 27.1. The molecule has 0 atom stereocenters. The largest absolute Gasteiger partial charge is 0.337 e. The van der Waals surface area contributed by atoms with Gasteiger partial charge in [-0.2, -0.15) is 20.1 Å². The molecule has 3 heterocycles. The van der Waals surface area contributed by atoms with Crippen molar-refractivity contribution in [2.45, 2.75) is 18.9 Å². The molecule has 1 amide bonds. The molecule has 0 bridgehead atoms. The van der Waals surface area contributed by atoms with Crippen molar-refractivity contribution in [2.24, 2.45) is 7.05 Å². The Morgan fingerprint density at radius 3 is 2.48 bits per heavy atom. The van der Waals surface area contributed by atoms with Gasteiger partial charge >= 0.3 is 0 Å². The molecule has 0 aromatic carbocycles. The van der Waals surface area contributed by atoms with Crippen molar-refractivity contribution < 1.29 is 4.79 Å². The van der Waals surface area contributed by atoms with Gasteiger partial charge < -0.3 is 4.90 Å². The molecule has 0 radical (unpaired) electrons. The SMILES string of the molecule is Cn1nc(C(=O)N2CCC(n3nccn3)CC2)ccc1=O. The summed E-state index contributed by atoms with van der Waals surface area (Å²) in [6.45, 7) is 1.27. The van der Waals surface area contributed by atoms with Gasteiger partial charge in [0.25, 0.3) is 11.5 Å². The number of hydrogen-bond acceptors (Lipinski definition) is 5. The second-order valence-corrected chi connectivity index (χ2v) is 5.05. The Morgan fingerprint density at radius 1 is 1.19 bits per heavy atom. The first kappa shape index (κ1) is 13.5. The van der Waals surface area contributed by atoms with Gasteiger partial charge in [-0.15, -0.1) is 0 Å². The summed E-state index contributed by atoms with van der Waals surface area (Å²) in [6.07, 6.45) is 4.94. The van der Waals surface area contributed by atoms with Gasteiger partial charge in [0, 0.05) is 26.2 Å². The minimum atomic E-state index is -0.227. The Kier molecular flexibility index (Phi) is 3.51. The van der Waals surface area contributed by atoms with E-state index in [1.54, 1.807) is 22.1 Å². The fourth-order valence-electron chi connectivity index (χ4n) is 2.49. The zero-order valence-corrected chi connectivity index (χ0v) is 11.7. The van der Waals surface area contributed by atoms with E-state index in [4.69, 9.17) is 0 Å².